The zero-order valence-electron chi connectivity index (χ0n) is 14.9. The van der Waals surface area contributed by atoms with Crippen molar-refractivity contribution in [2.75, 3.05) is 13.2 Å². The van der Waals surface area contributed by atoms with Crippen LogP contribution in [0.4, 0.5) is 13.2 Å². The first-order valence-electron chi connectivity index (χ1n) is 8.58. The van der Waals surface area contributed by atoms with Crippen LogP contribution in [0.15, 0.2) is 24.3 Å². The minimum Gasteiger partial charge on any atom is -0.377 e. The Labute approximate surface area is 142 Å². The first kappa shape index (κ1) is 19.3. The summed E-state index contributed by atoms with van der Waals surface area (Å²) >= 11 is 0. The number of hydrogen-bond acceptors (Lipinski definition) is 2. The molecule has 24 heavy (non-hydrogen) atoms. The number of alkyl halides is 3. The van der Waals surface area contributed by atoms with Crippen molar-refractivity contribution in [2.45, 2.75) is 58.9 Å². The van der Waals surface area contributed by atoms with Crippen molar-refractivity contribution >= 4 is 0 Å². The lowest BCUT2D eigenvalue weighted by atomic mass is 9.81. The molecule has 1 saturated heterocycles. The van der Waals surface area contributed by atoms with Crippen LogP contribution in [0.3, 0.4) is 0 Å². The molecule has 1 aliphatic rings. The number of hydrogen-bond donors (Lipinski definition) is 1. The highest BCUT2D eigenvalue weighted by atomic mass is 19.4. The fourth-order valence-corrected chi connectivity index (χ4v) is 3.45. The van der Waals surface area contributed by atoms with Crippen LogP contribution in [0, 0.1) is 11.3 Å². The van der Waals surface area contributed by atoms with Crippen LogP contribution in [-0.4, -0.2) is 25.3 Å². The van der Waals surface area contributed by atoms with Crippen molar-refractivity contribution in [2.24, 2.45) is 11.3 Å². The molecule has 1 aromatic rings. The molecule has 0 unspecified atom stereocenters. The Bertz CT molecular complexity index is 536. The summed E-state index contributed by atoms with van der Waals surface area (Å²) in [6, 6.07) is 5.71. The van der Waals surface area contributed by atoms with Crippen molar-refractivity contribution in [3.05, 3.63) is 35.4 Å². The second-order valence-electron chi connectivity index (χ2n) is 7.92. The second-order valence-corrected chi connectivity index (χ2v) is 7.92. The molecule has 136 valence electrons. The normalized spacial score (nSPS) is 23.5. The highest BCUT2D eigenvalue weighted by Crippen LogP contribution is 2.34. The molecule has 3 atom stereocenters. The van der Waals surface area contributed by atoms with Gasteiger partial charge in [0.2, 0.25) is 0 Å². The Kier molecular flexibility index (Phi) is 5.97. The van der Waals surface area contributed by atoms with E-state index in [1.54, 1.807) is 6.07 Å². The van der Waals surface area contributed by atoms with Crippen LogP contribution in [0.25, 0.3) is 0 Å². The maximum Gasteiger partial charge on any atom is 0.416 e. The highest BCUT2D eigenvalue weighted by molar-refractivity contribution is 5.26. The first-order chi connectivity index (χ1) is 11.1. The van der Waals surface area contributed by atoms with Crippen molar-refractivity contribution < 1.29 is 17.9 Å². The summed E-state index contributed by atoms with van der Waals surface area (Å²) in [6.45, 7) is 10.2. The number of benzene rings is 1. The van der Waals surface area contributed by atoms with Crippen molar-refractivity contribution in [1.82, 2.24) is 5.32 Å². The molecule has 5 heteroatoms. The monoisotopic (exact) mass is 343 g/mol. The van der Waals surface area contributed by atoms with Crippen LogP contribution in [-0.2, 0) is 17.3 Å². The SMILES string of the molecule is C[C@H](Cc1cccc(C(F)(F)F)c1)NC[C@H]1CCO[C@@H]1C(C)(C)C. The Morgan fingerprint density at radius 2 is 1.96 bits per heavy atom. The molecular formula is C19H28F3NO. The summed E-state index contributed by atoms with van der Waals surface area (Å²) in [4.78, 5) is 0. The van der Waals surface area contributed by atoms with Crippen molar-refractivity contribution in [3.63, 3.8) is 0 Å². The van der Waals surface area contributed by atoms with Gasteiger partial charge in [0.15, 0.2) is 0 Å². The summed E-state index contributed by atoms with van der Waals surface area (Å²) in [7, 11) is 0. The number of ether oxygens (including phenoxy) is 1. The van der Waals surface area contributed by atoms with Gasteiger partial charge in [0.25, 0.3) is 0 Å². The third kappa shape index (κ3) is 5.21. The van der Waals surface area contributed by atoms with Crippen molar-refractivity contribution in [3.8, 4) is 0 Å². The molecule has 0 bridgehead atoms. The van der Waals surface area contributed by atoms with Gasteiger partial charge in [-0.25, -0.2) is 0 Å². The van der Waals surface area contributed by atoms with E-state index in [-0.39, 0.29) is 17.6 Å². The molecule has 0 aromatic heterocycles. The number of rotatable bonds is 5. The van der Waals surface area contributed by atoms with Gasteiger partial charge in [0, 0.05) is 25.1 Å². The van der Waals surface area contributed by atoms with Gasteiger partial charge in [-0.05, 0) is 36.8 Å². The largest absolute Gasteiger partial charge is 0.416 e. The van der Waals surface area contributed by atoms with Gasteiger partial charge in [-0.15, -0.1) is 0 Å². The van der Waals surface area contributed by atoms with Crippen molar-refractivity contribution in [1.29, 1.82) is 0 Å². The third-order valence-corrected chi connectivity index (χ3v) is 4.59. The highest BCUT2D eigenvalue weighted by Gasteiger charge is 2.37. The molecule has 1 N–H and O–H groups in total. The van der Waals surface area contributed by atoms with Crippen LogP contribution >= 0.6 is 0 Å². The van der Waals surface area contributed by atoms with Crippen LogP contribution in [0.5, 0.6) is 0 Å². The van der Waals surface area contributed by atoms with E-state index in [4.69, 9.17) is 4.74 Å². The lowest BCUT2D eigenvalue weighted by Gasteiger charge is -2.32. The summed E-state index contributed by atoms with van der Waals surface area (Å²) in [6.07, 6.45) is -2.44. The predicted octanol–water partition coefficient (Wildman–Crippen LogP) is 4.68. The predicted molar refractivity (Wildman–Crippen MR) is 89.9 cm³/mol. The van der Waals surface area contributed by atoms with Gasteiger partial charge in [0.1, 0.15) is 0 Å². The molecule has 1 heterocycles. The third-order valence-electron chi connectivity index (χ3n) is 4.59. The Hall–Kier alpha value is -1.07. The average molecular weight is 343 g/mol. The van der Waals surface area contributed by atoms with E-state index in [1.165, 1.54) is 12.1 Å². The minimum atomic E-state index is -4.28. The van der Waals surface area contributed by atoms with Gasteiger partial charge < -0.3 is 10.1 Å². The zero-order valence-corrected chi connectivity index (χ0v) is 14.9. The molecule has 1 aliphatic heterocycles. The molecule has 2 rings (SSSR count). The van der Waals surface area contributed by atoms with Gasteiger partial charge in [0.05, 0.1) is 11.7 Å². The van der Waals surface area contributed by atoms with Gasteiger partial charge in [-0.1, -0.05) is 39.0 Å². The summed E-state index contributed by atoms with van der Waals surface area (Å²) in [5.74, 6) is 0.453. The van der Waals surface area contributed by atoms with E-state index in [2.05, 4.69) is 26.1 Å². The average Bonchev–Trinajstić information content (AvgIpc) is 2.93. The summed E-state index contributed by atoms with van der Waals surface area (Å²) in [5.41, 5.74) is 0.233. The van der Waals surface area contributed by atoms with Gasteiger partial charge in [-0.2, -0.15) is 13.2 Å². The molecule has 0 amide bonds. The Morgan fingerprint density at radius 1 is 1.25 bits per heavy atom. The maximum atomic E-state index is 12.8. The maximum absolute atomic E-state index is 12.8. The lowest BCUT2D eigenvalue weighted by molar-refractivity contribution is -0.137. The minimum absolute atomic E-state index is 0.104. The molecular weight excluding hydrogens is 315 g/mol. The van der Waals surface area contributed by atoms with Crippen LogP contribution in [0.2, 0.25) is 0 Å². The Morgan fingerprint density at radius 3 is 2.58 bits per heavy atom. The topological polar surface area (TPSA) is 21.3 Å². The van der Waals surface area contributed by atoms with E-state index in [1.807, 2.05) is 6.92 Å². The molecule has 1 aromatic carbocycles. The molecule has 0 aliphatic carbocycles. The lowest BCUT2D eigenvalue weighted by Crippen LogP contribution is -2.40. The number of halogens is 3. The molecule has 2 nitrogen and oxygen atoms in total. The van der Waals surface area contributed by atoms with E-state index in [0.717, 1.165) is 25.6 Å². The quantitative estimate of drug-likeness (QED) is 0.838. The van der Waals surface area contributed by atoms with E-state index >= 15 is 0 Å². The summed E-state index contributed by atoms with van der Waals surface area (Å²) in [5, 5.41) is 3.47. The van der Waals surface area contributed by atoms with E-state index in [0.29, 0.717) is 17.9 Å². The second kappa shape index (κ2) is 7.44. The Balaban J connectivity index is 1.89. The molecule has 0 spiro atoms. The molecule has 1 fully saturated rings. The van der Waals surface area contributed by atoms with Gasteiger partial charge in [-0.3, -0.25) is 0 Å². The molecule has 0 radical (unpaired) electrons. The molecule has 0 saturated carbocycles. The first-order valence-corrected chi connectivity index (χ1v) is 8.58. The fraction of sp³-hybridized carbons (Fsp3) is 0.684. The fourth-order valence-electron chi connectivity index (χ4n) is 3.45. The smallest absolute Gasteiger partial charge is 0.377 e. The van der Waals surface area contributed by atoms with Gasteiger partial charge >= 0.3 is 6.18 Å². The standard InChI is InChI=1S/C19H28F3NO/c1-13(10-14-6-5-7-16(11-14)19(20,21)22)23-12-15-8-9-24-17(15)18(2,3)4/h5-7,11,13,15,17,23H,8-10,12H2,1-4H3/t13-,15-,17+/m1/s1. The zero-order chi connectivity index (χ0) is 18.0. The van der Waals surface area contributed by atoms with Crippen LogP contribution in [0.1, 0.15) is 45.2 Å². The number of nitrogens with one attached hydrogen (secondary N) is 1. The summed E-state index contributed by atoms with van der Waals surface area (Å²) < 4.78 is 44.2. The van der Waals surface area contributed by atoms with E-state index in [9.17, 15) is 13.2 Å². The van der Waals surface area contributed by atoms with Crippen LogP contribution < -0.4 is 5.32 Å². The van der Waals surface area contributed by atoms with E-state index < -0.39 is 11.7 Å².